The van der Waals surface area contributed by atoms with Crippen molar-refractivity contribution in [1.82, 2.24) is 5.32 Å². The Morgan fingerprint density at radius 3 is 2.41 bits per heavy atom. The Morgan fingerprint density at radius 1 is 1.07 bits per heavy atom. The van der Waals surface area contributed by atoms with Gasteiger partial charge in [0, 0.05) is 16.6 Å². The Bertz CT molecular complexity index is 921. The van der Waals surface area contributed by atoms with Gasteiger partial charge in [0.05, 0.1) is 11.1 Å². The summed E-state index contributed by atoms with van der Waals surface area (Å²) < 4.78 is 45.4. The number of carbonyl (C=O) groups excluding carboxylic acids is 1. The Morgan fingerprint density at radius 2 is 1.78 bits per heavy atom. The fraction of sp³-hybridized carbons (Fsp3) is 0.250. The average Bonchev–Trinajstić information content (AvgIpc) is 3.37. The molecule has 0 spiro atoms. The smallest absolute Gasteiger partial charge is 0.416 e. The van der Waals surface area contributed by atoms with Crippen LogP contribution in [0.4, 0.5) is 13.2 Å². The van der Waals surface area contributed by atoms with Crippen LogP contribution in [0.1, 0.15) is 35.6 Å². The minimum Gasteiger partial charge on any atom is -0.462 e. The maximum atomic E-state index is 13.2. The second-order valence-corrected chi connectivity index (χ2v) is 7.06. The van der Waals surface area contributed by atoms with Crippen LogP contribution in [-0.4, -0.2) is 11.8 Å². The summed E-state index contributed by atoms with van der Waals surface area (Å²) >= 11 is 5.91. The Kier molecular flexibility index (Phi) is 4.38. The highest BCUT2D eigenvalue weighted by Gasteiger charge is 2.40. The molecule has 0 aromatic heterocycles. The topological polar surface area (TPSA) is 38.3 Å². The van der Waals surface area contributed by atoms with Crippen LogP contribution in [0.15, 0.2) is 54.4 Å². The number of hydrogen-bond donors (Lipinski definition) is 1. The molecular weight excluding hydrogens is 379 g/mol. The van der Waals surface area contributed by atoms with E-state index in [2.05, 4.69) is 5.32 Å². The first-order valence-electron chi connectivity index (χ1n) is 8.48. The average molecular weight is 394 g/mol. The van der Waals surface area contributed by atoms with Crippen LogP contribution in [0, 0.1) is 0 Å². The number of ketones is 1. The maximum Gasteiger partial charge on any atom is 0.416 e. The second kappa shape index (κ2) is 6.60. The van der Waals surface area contributed by atoms with Gasteiger partial charge in [0.15, 0.2) is 12.0 Å². The molecule has 1 atom stereocenters. The lowest BCUT2D eigenvalue weighted by molar-refractivity contribution is -0.137. The minimum absolute atomic E-state index is 0.0888. The number of nitrogens with one attached hydrogen (secondary N) is 1. The first-order chi connectivity index (χ1) is 12.8. The largest absolute Gasteiger partial charge is 0.462 e. The summed E-state index contributed by atoms with van der Waals surface area (Å²) in [6.07, 6.45) is -3.61. The van der Waals surface area contributed by atoms with Gasteiger partial charge < -0.3 is 10.1 Å². The summed E-state index contributed by atoms with van der Waals surface area (Å²) in [6.45, 7) is 0. The summed E-state index contributed by atoms with van der Waals surface area (Å²) in [5.74, 6) is -0.175. The predicted octanol–water partition coefficient (Wildman–Crippen LogP) is 5.12. The molecule has 1 heterocycles. The van der Waals surface area contributed by atoms with Crippen molar-refractivity contribution in [3.63, 3.8) is 0 Å². The third-order valence-electron chi connectivity index (χ3n) is 4.48. The van der Waals surface area contributed by atoms with E-state index < -0.39 is 17.8 Å². The normalized spacial score (nSPS) is 20.0. The fourth-order valence-corrected chi connectivity index (χ4v) is 3.25. The van der Waals surface area contributed by atoms with Gasteiger partial charge in [-0.2, -0.15) is 13.2 Å². The molecular formula is C20H15ClF3NO2. The Balaban J connectivity index is 1.78. The third-order valence-corrected chi connectivity index (χ3v) is 4.69. The molecule has 27 heavy (non-hydrogen) atoms. The van der Waals surface area contributed by atoms with E-state index >= 15 is 0 Å². The first kappa shape index (κ1) is 17.9. The van der Waals surface area contributed by atoms with E-state index in [0.717, 1.165) is 25.0 Å². The lowest BCUT2D eigenvalue weighted by atomic mass is 9.95. The number of carbonyl (C=O) groups is 1. The molecule has 1 aliphatic heterocycles. The molecule has 1 fully saturated rings. The number of alkyl halides is 3. The molecule has 1 saturated carbocycles. The van der Waals surface area contributed by atoms with E-state index in [9.17, 15) is 18.0 Å². The van der Waals surface area contributed by atoms with Gasteiger partial charge in [-0.25, -0.2) is 0 Å². The van der Waals surface area contributed by atoms with Crippen LogP contribution in [-0.2, 0) is 15.7 Å². The van der Waals surface area contributed by atoms with Crippen molar-refractivity contribution >= 4 is 23.0 Å². The number of rotatable bonds is 4. The lowest BCUT2D eigenvalue weighted by Crippen LogP contribution is -2.17. The van der Waals surface area contributed by atoms with E-state index in [-0.39, 0.29) is 33.9 Å². The Hall–Kier alpha value is -2.47. The molecule has 7 heteroatoms. The van der Waals surface area contributed by atoms with Crippen molar-refractivity contribution in [3.8, 4) is 0 Å². The third kappa shape index (κ3) is 3.67. The van der Waals surface area contributed by atoms with Gasteiger partial charge in [-0.05, 0) is 36.6 Å². The summed E-state index contributed by atoms with van der Waals surface area (Å²) in [7, 11) is 0. The van der Waals surface area contributed by atoms with Gasteiger partial charge >= 0.3 is 6.18 Å². The van der Waals surface area contributed by atoms with Crippen LogP contribution >= 0.6 is 11.6 Å². The van der Waals surface area contributed by atoms with E-state index in [1.165, 1.54) is 6.07 Å². The predicted molar refractivity (Wildman–Crippen MR) is 94.8 cm³/mol. The summed E-state index contributed by atoms with van der Waals surface area (Å²) in [4.78, 5) is 13.0. The molecule has 1 N–H and O–H groups in total. The molecule has 2 aromatic rings. The molecule has 140 valence electrons. The Labute approximate surface area is 158 Å². The lowest BCUT2D eigenvalue weighted by Gasteiger charge is -2.12. The van der Waals surface area contributed by atoms with E-state index in [1.807, 2.05) is 6.07 Å². The van der Waals surface area contributed by atoms with Crippen LogP contribution in [0.25, 0.3) is 5.57 Å². The zero-order valence-corrected chi connectivity index (χ0v) is 14.8. The molecule has 3 nitrogen and oxygen atoms in total. The van der Waals surface area contributed by atoms with Crippen molar-refractivity contribution in [3.05, 3.63) is 76.1 Å². The van der Waals surface area contributed by atoms with Crippen molar-refractivity contribution < 1.29 is 22.7 Å². The molecule has 0 bridgehead atoms. The number of ether oxygens (including phenoxy) is 1. The standard InChI is InChI=1S/C20H15ClF3NO2/c21-14-9-12(8-13(10-14)20(22,23)24)16-17(26)18(11-4-2-1-3-5-11)27-19(16)25-15-6-7-15/h1-5,8-10,15,18,25H,6-7H2. The quantitative estimate of drug-likeness (QED) is 0.783. The monoisotopic (exact) mass is 393 g/mol. The van der Waals surface area contributed by atoms with Crippen molar-refractivity contribution in [1.29, 1.82) is 0 Å². The van der Waals surface area contributed by atoms with Crippen molar-refractivity contribution in [2.24, 2.45) is 0 Å². The summed E-state index contributed by atoms with van der Waals surface area (Å²) in [6, 6.07) is 12.2. The zero-order chi connectivity index (χ0) is 19.2. The first-order valence-corrected chi connectivity index (χ1v) is 8.85. The zero-order valence-electron chi connectivity index (χ0n) is 14.0. The van der Waals surface area contributed by atoms with Gasteiger partial charge in [-0.3, -0.25) is 4.79 Å². The highest BCUT2D eigenvalue weighted by atomic mass is 35.5. The SMILES string of the molecule is O=C1C(c2cc(Cl)cc(C(F)(F)F)c2)=C(NC2CC2)OC1c1ccccc1. The fourth-order valence-electron chi connectivity index (χ4n) is 3.01. The molecule has 2 aliphatic rings. The minimum atomic E-state index is -4.56. The number of hydrogen-bond acceptors (Lipinski definition) is 3. The molecule has 2 aromatic carbocycles. The van der Waals surface area contributed by atoms with Gasteiger partial charge in [0.1, 0.15) is 0 Å². The van der Waals surface area contributed by atoms with Crippen LogP contribution < -0.4 is 5.32 Å². The van der Waals surface area contributed by atoms with Gasteiger partial charge in [-0.1, -0.05) is 41.9 Å². The number of Topliss-reactive ketones (excluding diaryl/α,β-unsaturated/α-hetero) is 1. The number of benzene rings is 2. The molecule has 1 aliphatic carbocycles. The van der Waals surface area contributed by atoms with Crippen molar-refractivity contribution in [2.45, 2.75) is 31.2 Å². The van der Waals surface area contributed by atoms with E-state index in [4.69, 9.17) is 16.3 Å². The molecule has 4 rings (SSSR count). The van der Waals surface area contributed by atoms with Gasteiger partial charge in [-0.15, -0.1) is 0 Å². The maximum absolute atomic E-state index is 13.2. The van der Waals surface area contributed by atoms with Gasteiger partial charge in [0.2, 0.25) is 5.78 Å². The second-order valence-electron chi connectivity index (χ2n) is 6.62. The molecule has 0 saturated heterocycles. The molecule has 0 radical (unpaired) electrons. The molecule has 0 amide bonds. The van der Waals surface area contributed by atoms with Crippen molar-refractivity contribution in [2.75, 3.05) is 0 Å². The van der Waals surface area contributed by atoms with E-state index in [0.29, 0.717) is 5.56 Å². The summed E-state index contributed by atoms with van der Waals surface area (Å²) in [5.41, 5.74) is -0.0601. The summed E-state index contributed by atoms with van der Waals surface area (Å²) in [5, 5.41) is 3.03. The van der Waals surface area contributed by atoms with Crippen LogP contribution in [0.2, 0.25) is 5.02 Å². The number of halogens is 4. The molecule has 1 unspecified atom stereocenters. The highest BCUT2D eigenvalue weighted by Crippen LogP contribution is 2.41. The van der Waals surface area contributed by atoms with E-state index in [1.54, 1.807) is 24.3 Å². The van der Waals surface area contributed by atoms with Crippen LogP contribution in [0.3, 0.4) is 0 Å². The van der Waals surface area contributed by atoms with Crippen LogP contribution in [0.5, 0.6) is 0 Å². The highest BCUT2D eigenvalue weighted by molar-refractivity contribution is 6.31. The van der Waals surface area contributed by atoms with Gasteiger partial charge in [0.25, 0.3) is 0 Å².